The highest BCUT2D eigenvalue weighted by Crippen LogP contribution is 2.23. The number of anilines is 2. The number of carbonyl (C=O) groups is 1. The molecule has 1 saturated heterocycles. The van der Waals surface area contributed by atoms with Crippen LogP contribution in [0.3, 0.4) is 0 Å². The molecular formula is C23H26N4O5S. The van der Waals surface area contributed by atoms with Crippen LogP contribution in [0.4, 0.5) is 16.2 Å². The highest BCUT2D eigenvalue weighted by Gasteiger charge is 2.19. The molecule has 1 unspecified atom stereocenters. The molecule has 9 nitrogen and oxygen atoms in total. The summed E-state index contributed by atoms with van der Waals surface area (Å²) in [6.45, 7) is 1.80. The predicted octanol–water partition coefficient (Wildman–Crippen LogP) is 3.66. The SMILES string of the molecule is CON1C=C(c2ccc(NC(=S)Nc3cccc(CNC(=O)OC4CCOC4)c3)cc2)OC1. The lowest BCUT2D eigenvalue weighted by molar-refractivity contribution is -0.116. The van der Waals surface area contributed by atoms with Gasteiger partial charge >= 0.3 is 6.09 Å². The summed E-state index contributed by atoms with van der Waals surface area (Å²) in [5.41, 5.74) is 3.51. The molecule has 174 valence electrons. The molecule has 2 aromatic rings. The highest BCUT2D eigenvalue weighted by molar-refractivity contribution is 7.80. The molecule has 0 bridgehead atoms. The first kappa shape index (κ1) is 22.8. The van der Waals surface area contributed by atoms with Gasteiger partial charge in [0.1, 0.15) is 11.9 Å². The molecule has 1 amide bonds. The minimum absolute atomic E-state index is 0.169. The Morgan fingerprint density at radius 1 is 1.18 bits per heavy atom. The fourth-order valence-corrected chi connectivity index (χ4v) is 3.58. The Bertz CT molecular complexity index is 1010. The molecule has 0 spiro atoms. The molecule has 1 atom stereocenters. The summed E-state index contributed by atoms with van der Waals surface area (Å²) in [5.74, 6) is 0.745. The van der Waals surface area contributed by atoms with E-state index in [0.717, 1.165) is 34.7 Å². The average Bonchev–Trinajstić information content (AvgIpc) is 3.50. The van der Waals surface area contributed by atoms with Gasteiger partial charge < -0.3 is 30.2 Å². The smallest absolute Gasteiger partial charge is 0.407 e. The Kier molecular flexibility index (Phi) is 7.61. The summed E-state index contributed by atoms with van der Waals surface area (Å²) < 4.78 is 16.1. The fourth-order valence-electron chi connectivity index (χ4n) is 3.35. The van der Waals surface area contributed by atoms with Gasteiger partial charge in [-0.2, -0.15) is 0 Å². The molecule has 2 aromatic carbocycles. The molecule has 2 heterocycles. The number of hydrogen-bond acceptors (Lipinski definition) is 7. The molecule has 10 heteroatoms. The number of alkyl carbamates (subject to hydrolysis) is 1. The molecule has 33 heavy (non-hydrogen) atoms. The zero-order valence-corrected chi connectivity index (χ0v) is 19.0. The zero-order chi connectivity index (χ0) is 23.0. The molecule has 0 aromatic heterocycles. The number of thiocarbonyl (C=S) groups is 1. The van der Waals surface area contributed by atoms with Crippen molar-refractivity contribution in [2.24, 2.45) is 0 Å². The van der Waals surface area contributed by atoms with E-state index in [1.165, 1.54) is 0 Å². The van der Waals surface area contributed by atoms with Gasteiger partial charge in [-0.1, -0.05) is 12.1 Å². The maximum atomic E-state index is 11.9. The van der Waals surface area contributed by atoms with E-state index in [0.29, 0.717) is 31.6 Å². The Labute approximate surface area is 197 Å². The maximum absolute atomic E-state index is 11.9. The van der Waals surface area contributed by atoms with Gasteiger partial charge in [0.25, 0.3) is 0 Å². The van der Waals surface area contributed by atoms with E-state index in [9.17, 15) is 4.79 Å². The summed E-state index contributed by atoms with van der Waals surface area (Å²) >= 11 is 5.44. The largest absolute Gasteiger partial charge is 0.469 e. The summed E-state index contributed by atoms with van der Waals surface area (Å²) in [5, 5.41) is 11.1. The number of nitrogens with zero attached hydrogens (tertiary/aromatic N) is 1. The summed E-state index contributed by atoms with van der Waals surface area (Å²) in [6.07, 6.45) is 1.92. The number of benzene rings is 2. The zero-order valence-electron chi connectivity index (χ0n) is 18.2. The molecule has 2 aliphatic heterocycles. The molecular weight excluding hydrogens is 444 g/mol. The number of hydrogen-bond donors (Lipinski definition) is 3. The van der Waals surface area contributed by atoms with Gasteiger partial charge in [-0.25, -0.2) is 9.86 Å². The van der Waals surface area contributed by atoms with E-state index in [4.69, 9.17) is 31.3 Å². The Morgan fingerprint density at radius 2 is 2.00 bits per heavy atom. The molecule has 2 aliphatic rings. The third-order valence-electron chi connectivity index (χ3n) is 5.05. The van der Waals surface area contributed by atoms with Crippen LogP contribution in [0.1, 0.15) is 17.5 Å². The molecule has 0 radical (unpaired) electrons. The second kappa shape index (κ2) is 11.0. The van der Waals surface area contributed by atoms with Gasteiger partial charge in [-0.3, -0.25) is 4.84 Å². The van der Waals surface area contributed by atoms with Gasteiger partial charge in [0.15, 0.2) is 11.8 Å². The van der Waals surface area contributed by atoms with Crippen molar-refractivity contribution in [2.45, 2.75) is 19.1 Å². The topological polar surface area (TPSA) is 93.3 Å². The van der Waals surface area contributed by atoms with E-state index in [-0.39, 0.29) is 6.10 Å². The first-order chi connectivity index (χ1) is 16.1. The van der Waals surface area contributed by atoms with Crippen molar-refractivity contribution in [2.75, 3.05) is 37.7 Å². The van der Waals surface area contributed by atoms with Gasteiger partial charge in [0.05, 0.1) is 26.5 Å². The first-order valence-corrected chi connectivity index (χ1v) is 10.9. The third kappa shape index (κ3) is 6.58. The highest BCUT2D eigenvalue weighted by atomic mass is 32.1. The van der Waals surface area contributed by atoms with Gasteiger partial charge in [0, 0.05) is 29.9 Å². The molecule has 4 rings (SSSR count). The normalized spacial score (nSPS) is 17.2. The second-order valence-electron chi connectivity index (χ2n) is 7.47. The van der Waals surface area contributed by atoms with E-state index in [1.54, 1.807) is 18.4 Å². The number of ether oxygens (including phenoxy) is 3. The number of carbonyl (C=O) groups excluding carboxylic acids is 1. The van der Waals surface area contributed by atoms with Gasteiger partial charge in [-0.05, 0) is 54.2 Å². The van der Waals surface area contributed by atoms with Crippen molar-refractivity contribution < 1.29 is 23.8 Å². The quantitative estimate of drug-likeness (QED) is 0.524. The van der Waals surface area contributed by atoms with Crippen LogP contribution in [0.25, 0.3) is 5.76 Å². The van der Waals surface area contributed by atoms with Crippen LogP contribution in [-0.4, -0.2) is 49.4 Å². The van der Waals surface area contributed by atoms with Crippen LogP contribution in [0, 0.1) is 0 Å². The fraction of sp³-hybridized carbons (Fsp3) is 0.304. The average molecular weight is 471 g/mol. The Balaban J connectivity index is 1.26. The standard InChI is InChI=1S/C23H26N4O5S/c1-29-27-13-21(31-15-27)17-5-7-18(8-6-17)25-22(33)26-19-4-2-3-16(11-19)12-24-23(28)32-20-9-10-30-14-20/h2-8,11,13,20H,9-10,12,14-15H2,1H3,(H,24,28)(H2,25,26,33). The van der Waals surface area contributed by atoms with E-state index in [2.05, 4.69) is 16.0 Å². The minimum atomic E-state index is -0.446. The number of nitrogens with one attached hydrogen (secondary N) is 3. The first-order valence-electron chi connectivity index (χ1n) is 10.5. The van der Waals surface area contributed by atoms with Crippen LogP contribution in [0.5, 0.6) is 0 Å². The Morgan fingerprint density at radius 3 is 2.73 bits per heavy atom. The lowest BCUT2D eigenvalue weighted by Gasteiger charge is -2.13. The number of hydroxylamine groups is 2. The van der Waals surface area contributed by atoms with Crippen molar-refractivity contribution in [3.63, 3.8) is 0 Å². The van der Waals surface area contributed by atoms with E-state index >= 15 is 0 Å². The van der Waals surface area contributed by atoms with E-state index < -0.39 is 6.09 Å². The summed E-state index contributed by atoms with van der Waals surface area (Å²) in [7, 11) is 1.59. The van der Waals surface area contributed by atoms with Crippen molar-refractivity contribution >= 4 is 40.6 Å². The van der Waals surface area contributed by atoms with Gasteiger partial charge in [-0.15, -0.1) is 0 Å². The van der Waals surface area contributed by atoms with Crippen molar-refractivity contribution in [1.82, 2.24) is 10.4 Å². The van der Waals surface area contributed by atoms with Crippen LogP contribution in [0.15, 0.2) is 54.7 Å². The summed E-state index contributed by atoms with van der Waals surface area (Å²) in [6, 6.07) is 15.4. The van der Waals surface area contributed by atoms with Crippen LogP contribution in [-0.2, 0) is 25.6 Å². The second-order valence-corrected chi connectivity index (χ2v) is 7.88. The lowest BCUT2D eigenvalue weighted by atomic mass is 10.2. The summed E-state index contributed by atoms with van der Waals surface area (Å²) in [4.78, 5) is 17.0. The third-order valence-corrected chi connectivity index (χ3v) is 5.26. The molecule has 3 N–H and O–H groups in total. The number of amides is 1. The monoisotopic (exact) mass is 470 g/mol. The molecule has 1 fully saturated rings. The Hall–Kier alpha value is -3.34. The molecule has 0 saturated carbocycles. The van der Waals surface area contributed by atoms with Gasteiger partial charge in [0.2, 0.25) is 0 Å². The number of rotatable bonds is 7. The van der Waals surface area contributed by atoms with Crippen molar-refractivity contribution in [3.05, 3.63) is 65.9 Å². The molecule has 0 aliphatic carbocycles. The van der Waals surface area contributed by atoms with Crippen molar-refractivity contribution in [3.8, 4) is 0 Å². The van der Waals surface area contributed by atoms with Crippen molar-refractivity contribution in [1.29, 1.82) is 0 Å². The predicted molar refractivity (Wildman–Crippen MR) is 128 cm³/mol. The van der Waals surface area contributed by atoms with Crippen LogP contribution < -0.4 is 16.0 Å². The lowest BCUT2D eigenvalue weighted by Crippen LogP contribution is -2.28. The van der Waals surface area contributed by atoms with Crippen LogP contribution >= 0.6 is 12.2 Å². The van der Waals surface area contributed by atoms with E-state index in [1.807, 2.05) is 48.5 Å². The minimum Gasteiger partial charge on any atom is -0.469 e. The van der Waals surface area contributed by atoms with Crippen LogP contribution in [0.2, 0.25) is 0 Å². The maximum Gasteiger partial charge on any atom is 0.407 e.